The summed E-state index contributed by atoms with van der Waals surface area (Å²) in [5.41, 5.74) is 2.26. The van der Waals surface area contributed by atoms with E-state index in [2.05, 4.69) is 20.4 Å². The minimum atomic E-state index is -0.111. The monoisotopic (exact) mass is 337 g/mol. The van der Waals surface area contributed by atoms with Gasteiger partial charge in [0.25, 0.3) is 5.56 Å². The Bertz CT molecular complexity index is 917. The molecule has 1 aliphatic heterocycles. The molecule has 0 atom stereocenters. The van der Waals surface area contributed by atoms with Crippen molar-refractivity contribution < 1.29 is 4.74 Å². The van der Waals surface area contributed by atoms with Crippen LogP contribution in [0.3, 0.4) is 0 Å². The number of aromatic amines is 1. The number of anilines is 1. The molecular weight excluding hydrogens is 318 g/mol. The molecule has 0 aliphatic carbocycles. The average molecular weight is 337 g/mol. The van der Waals surface area contributed by atoms with Crippen LogP contribution in [0.4, 0.5) is 5.95 Å². The van der Waals surface area contributed by atoms with Crippen LogP contribution in [0.2, 0.25) is 0 Å². The number of nitrogens with one attached hydrogen (secondary N) is 2. The Balaban J connectivity index is 1.46. The lowest BCUT2D eigenvalue weighted by Crippen LogP contribution is -2.21. The fraction of sp³-hybridized carbons (Fsp3) is 0.278. The summed E-state index contributed by atoms with van der Waals surface area (Å²) in [5, 5.41) is 7.34. The van der Waals surface area contributed by atoms with Gasteiger partial charge in [-0.15, -0.1) is 0 Å². The molecule has 0 saturated heterocycles. The van der Waals surface area contributed by atoms with Crippen molar-refractivity contribution >= 4 is 5.95 Å². The predicted molar refractivity (Wildman–Crippen MR) is 93.8 cm³/mol. The van der Waals surface area contributed by atoms with E-state index < -0.39 is 0 Å². The largest absolute Gasteiger partial charge is 0.487 e. The number of aryl methyl sites for hydroxylation is 1. The molecule has 0 radical (unpaired) electrons. The third-order valence-corrected chi connectivity index (χ3v) is 4.22. The number of aromatic nitrogens is 4. The maximum absolute atomic E-state index is 12.5. The molecule has 1 aromatic carbocycles. The standard InChI is InChI=1S/C18H19N5O2/c24-17-14-11-13-5-1-2-6-16(13)25-12-15(14)21-18(22-17)19-7-3-9-23-10-4-8-20-23/h1-2,4-6,8,10H,3,7,9,11-12H2,(H2,19,21,22,24). The van der Waals surface area contributed by atoms with Gasteiger partial charge in [-0.25, -0.2) is 4.98 Å². The molecule has 3 heterocycles. The van der Waals surface area contributed by atoms with Crippen molar-refractivity contribution in [1.29, 1.82) is 0 Å². The maximum atomic E-state index is 12.5. The highest BCUT2D eigenvalue weighted by Crippen LogP contribution is 2.25. The van der Waals surface area contributed by atoms with Gasteiger partial charge in [0.2, 0.25) is 5.95 Å². The number of ether oxygens (including phenoxy) is 1. The highest BCUT2D eigenvalue weighted by Gasteiger charge is 2.18. The maximum Gasteiger partial charge on any atom is 0.256 e. The van der Waals surface area contributed by atoms with E-state index in [0.717, 1.165) is 24.3 Å². The van der Waals surface area contributed by atoms with Crippen LogP contribution < -0.4 is 15.6 Å². The molecule has 0 bridgehead atoms. The summed E-state index contributed by atoms with van der Waals surface area (Å²) in [4.78, 5) is 19.8. The second-order valence-corrected chi connectivity index (χ2v) is 5.96. The Kier molecular flexibility index (Phi) is 4.20. The summed E-state index contributed by atoms with van der Waals surface area (Å²) in [6.07, 6.45) is 5.10. The fourth-order valence-corrected chi connectivity index (χ4v) is 2.94. The van der Waals surface area contributed by atoms with Gasteiger partial charge in [0, 0.05) is 37.5 Å². The molecule has 128 valence electrons. The van der Waals surface area contributed by atoms with Crippen LogP contribution in [0.5, 0.6) is 5.75 Å². The highest BCUT2D eigenvalue weighted by molar-refractivity contribution is 5.41. The Morgan fingerprint density at radius 2 is 2.20 bits per heavy atom. The lowest BCUT2D eigenvalue weighted by atomic mass is 10.1. The number of para-hydroxylation sites is 1. The van der Waals surface area contributed by atoms with Crippen molar-refractivity contribution in [2.45, 2.75) is 26.0 Å². The fourth-order valence-electron chi connectivity index (χ4n) is 2.94. The van der Waals surface area contributed by atoms with Crippen molar-refractivity contribution in [1.82, 2.24) is 19.7 Å². The van der Waals surface area contributed by atoms with E-state index in [9.17, 15) is 4.79 Å². The molecule has 0 saturated carbocycles. The van der Waals surface area contributed by atoms with Gasteiger partial charge >= 0.3 is 0 Å². The van der Waals surface area contributed by atoms with Gasteiger partial charge in [-0.05, 0) is 24.1 Å². The number of rotatable bonds is 5. The van der Waals surface area contributed by atoms with Crippen LogP contribution in [0.1, 0.15) is 23.2 Å². The summed E-state index contributed by atoms with van der Waals surface area (Å²) < 4.78 is 7.68. The molecule has 0 amide bonds. The van der Waals surface area contributed by atoms with Crippen molar-refractivity contribution in [2.24, 2.45) is 0 Å². The Morgan fingerprint density at radius 1 is 1.28 bits per heavy atom. The Labute approximate surface area is 144 Å². The van der Waals surface area contributed by atoms with Crippen LogP contribution in [0, 0.1) is 0 Å². The molecule has 7 nitrogen and oxygen atoms in total. The van der Waals surface area contributed by atoms with Gasteiger partial charge in [-0.1, -0.05) is 18.2 Å². The van der Waals surface area contributed by atoms with E-state index in [-0.39, 0.29) is 5.56 Å². The van der Waals surface area contributed by atoms with Crippen molar-refractivity contribution in [3.8, 4) is 5.75 Å². The predicted octanol–water partition coefficient (Wildman–Crippen LogP) is 1.95. The van der Waals surface area contributed by atoms with Crippen molar-refractivity contribution in [2.75, 3.05) is 11.9 Å². The van der Waals surface area contributed by atoms with E-state index >= 15 is 0 Å². The number of hydrogen-bond donors (Lipinski definition) is 2. The number of H-pyrrole nitrogens is 1. The normalized spacial score (nSPS) is 12.6. The first-order valence-electron chi connectivity index (χ1n) is 8.33. The molecule has 7 heteroatoms. The third-order valence-electron chi connectivity index (χ3n) is 4.22. The first kappa shape index (κ1) is 15.4. The summed E-state index contributed by atoms with van der Waals surface area (Å²) in [6.45, 7) is 1.81. The van der Waals surface area contributed by atoms with Crippen LogP contribution in [0.25, 0.3) is 0 Å². The van der Waals surface area contributed by atoms with Crippen molar-refractivity contribution in [3.05, 3.63) is 69.9 Å². The zero-order valence-electron chi connectivity index (χ0n) is 13.7. The second kappa shape index (κ2) is 6.80. The molecule has 1 aliphatic rings. The summed E-state index contributed by atoms with van der Waals surface area (Å²) >= 11 is 0. The van der Waals surface area contributed by atoms with Crippen LogP contribution in [-0.4, -0.2) is 26.3 Å². The lowest BCUT2D eigenvalue weighted by Gasteiger charge is -2.09. The molecule has 2 aromatic heterocycles. The molecule has 2 N–H and O–H groups in total. The minimum absolute atomic E-state index is 0.111. The van der Waals surface area contributed by atoms with E-state index in [1.165, 1.54) is 0 Å². The summed E-state index contributed by atoms with van der Waals surface area (Å²) in [6, 6.07) is 9.68. The van der Waals surface area contributed by atoms with E-state index in [0.29, 0.717) is 36.8 Å². The van der Waals surface area contributed by atoms with Gasteiger partial charge in [0.1, 0.15) is 12.4 Å². The Hall–Kier alpha value is -3.09. The first-order chi connectivity index (χ1) is 12.3. The quantitative estimate of drug-likeness (QED) is 0.695. The zero-order valence-corrected chi connectivity index (χ0v) is 13.7. The molecule has 25 heavy (non-hydrogen) atoms. The third kappa shape index (κ3) is 3.40. The number of fused-ring (bicyclic) bond motifs is 2. The smallest absolute Gasteiger partial charge is 0.256 e. The SMILES string of the molecule is O=c1[nH]c(NCCCn2cccn2)nc2c1Cc1ccccc1OC2. The van der Waals surface area contributed by atoms with Gasteiger partial charge < -0.3 is 10.1 Å². The number of hydrogen-bond acceptors (Lipinski definition) is 5. The molecule has 4 rings (SSSR count). The van der Waals surface area contributed by atoms with Gasteiger partial charge in [0.15, 0.2) is 0 Å². The molecule has 0 fully saturated rings. The van der Waals surface area contributed by atoms with E-state index in [1.807, 2.05) is 41.2 Å². The van der Waals surface area contributed by atoms with Crippen molar-refractivity contribution in [3.63, 3.8) is 0 Å². The Morgan fingerprint density at radius 3 is 3.08 bits per heavy atom. The topological polar surface area (TPSA) is 84.8 Å². The van der Waals surface area contributed by atoms with E-state index in [1.54, 1.807) is 6.20 Å². The molecule has 0 unspecified atom stereocenters. The molecular formula is C18H19N5O2. The number of benzene rings is 1. The highest BCUT2D eigenvalue weighted by atomic mass is 16.5. The summed E-state index contributed by atoms with van der Waals surface area (Å²) in [5.74, 6) is 1.30. The molecule has 0 spiro atoms. The lowest BCUT2D eigenvalue weighted by molar-refractivity contribution is 0.302. The minimum Gasteiger partial charge on any atom is -0.487 e. The summed E-state index contributed by atoms with van der Waals surface area (Å²) in [7, 11) is 0. The zero-order chi connectivity index (χ0) is 17.1. The second-order valence-electron chi connectivity index (χ2n) is 5.96. The van der Waals surface area contributed by atoms with Crippen LogP contribution in [-0.2, 0) is 19.6 Å². The average Bonchev–Trinajstić information content (AvgIpc) is 3.06. The van der Waals surface area contributed by atoms with Gasteiger partial charge in [-0.2, -0.15) is 5.10 Å². The molecule has 3 aromatic rings. The van der Waals surface area contributed by atoms with Crippen LogP contribution >= 0.6 is 0 Å². The van der Waals surface area contributed by atoms with E-state index in [4.69, 9.17) is 4.74 Å². The first-order valence-corrected chi connectivity index (χ1v) is 8.33. The van der Waals surface area contributed by atoms with Gasteiger partial charge in [-0.3, -0.25) is 14.5 Å². The van der Waals surface area contributed by atoms with Crippen LogP contribution in [0.15, 0.2) is 47.5 Å². The van der Waals surface area contributed by atoms with Gasteiger partial charge in [0.05, 0.1) is 5.69 Å². The number of nitrogens with zero attached hydrogens (tertiary/aromatic N) is 3.